The SMILES string of the molecule is COc1ccc2c(c1)CCCN2CCCNC(=O)c1cccc2c1NC(C)C(=O)N2. The zero-order valence-corrected chi connectivity index (χ0v) is 17.5. The van der Waals surface area contributed by atoms with Gasteiger partial charge in [-0.3, -0.25) is 9.59 Å². The van der Waals surface area contributed by atoms with E-state index in [0.717, 1.165) is 38.1 Å². The fourth-order valence-corrected chi connectivity index (χ4v) is 4.10. The number of carbonyl (C=O) groups is 2. The molecule has 0 fully saturated rings. The number of aryl methyl sites for hydroxylation is 1. The molecule has 1 atom stereocenters. The number of nitrogens with one attached hydrogen (secondary N) is 3. The Morgan fingerprint density at radius 3 is 3.00 bits per heavy atom. The van der Waals surface area contributed by atoms with E-state index in [1.54, 1.807) is 32.2 Å². The zero-order chi connectivity index (χ0) is 21.1. The van der Waals surface area contributed by atoms with Crippen molar-refractivity contribution in [2.24, 2.45) is 0 Å². The Morgan fingerprint density at radius 1 is 1.30 bits per heavy atom. The van der Waals surface area contributed by atoms with Gasteiger partial charge in [0.15, 0.2) is 0 Å². The summed E-state index contributed by atoms with van der Waals surface area (Å²) in [5, 5.41) is 8.98. The Bertz CT molecular complexity index is 959. The van der Waals surface area contributed by atoms with Crippen LogP contribution in [0.4, 0.5) is 17.1 Å². The average molecular weight is 409 g/mol. The molecule has 0 aromatic heterocycles. The van der Waals surface area contributed by atoms with Crippen LogP contribution < -0.4 is 25.6 Å². The summed E-state index contributed by atoms with van der Waals surface area (Å²) in [5.74, 6) is 0.666. The molecule has 7 heteroatoms. The quantitative estimate of drug-likeness (QED) is 0.640. The van der Waals surface area contributed by atoms with Crippen LogP contribution in [0.3, 0.4) is 0 Å². The molecule has 7 nitrogen and oxygen atoms in total. The summed E-state index contributed by atoms with van der Waals surface area (Å²) < 4.78 is 5.34. The van der Waals surface area contributed by atoms with E-state index in [1.165, 1.54) is 11.3 Å². The Hall–Kier alpha value is -3.22. The predicted molar refractivity (Wildman–Crippen MR) is 119 cm³/mol. The molecule has 2 aromatic carbocycles. The third-order valence-corrected chi connectivity index (χ3v) is 5.71. The van der Waals surface area contributed by atoms with Gasteiger partial charge in [-0.2, -0.15) is 0 Å². The molecule has 2 aromatic rings. The van der Waals surface area contributed by atoms with Gasteiger partial charge in [0.25, 0.3) is 5.91 Å². The fourth-order valence-electron chi connectivity index (χ4n) is 4.10. The summed E-state index contributed by atoms with van der Waals surface area (Å²) >= 11 is 0. The predicted octanol–water partition coefficient (Wildman–Crippen LogP) is 3.02. The normalized spacial score (nSPS) is 17.3. The molecule has 2 heterocycles. The Kier molecular flexibility index (Phi) is 5.79. The molecule has 0 saturated heterocycles. The van der Waals surface area contributed by atoms with Gasteiger partial charge in [-0.15, -0.1) is 0 Å². The fraction of sp³-hybridized carbons (Fsp3) is 0.391. The van der Waals surface area contributed by atoms with Crippen molar-refractivity contribution in [1.82, 2.24) is 5.32 Å². The molecule has 2 amide bonds. The third-order valence-electron chi connectivity index (χ3n) is 5.71. The van der Waals surface area contributed by atoms with E-state index in [4.69, 9.17) is 4.74 Å². The number of ether oxygens (including phenoxy) is 1. The number of rotatable bonds is 6. The van der Waals surface area contributed by atoms with Gasteiger partial charge in [0.05, 0.1) is 24.0 Å². The number of anilines is 3. The van der Waals surface area contributed by atoms with Gasteiger partial charge in [0.2, 0.25) is 5.91 Å². The lowest BCUT2D eigenvalue weighted by molar-refractivity contribution is -0.116. The van der Waals surface area contributed by atoms with E-state index in [9.17, 15) is 9.59 Å². The Labute approximate surface area is 176 Å². The molecule has 0 saturated carbocycles. The lowest BCUT2D eigenvalue weighted by atomic mass is 10.0. The highest BCUT2D eigenvalue weighted by atomic mass is 16.5. The number of hydrogen-bond acceptors (Lipinski definition) is 5. The topological polar surface area (TPSA) is 82.7 Å². The van der Waals surface area contributed by atoms with Crippen molar-refractivity contribution in [2.75, 3.05) is 42.3 Å². The monoisotopic (exact) mass is 408 g/mol. The lowest BCUT2D eigenvalue weighted by Crippen LogP contribution is -2.38. The number of amides is 2. The molecule has 0 aliphatic carbocycles. The number of nitrogens with zero attached hydrogens (tertiary/aromatic N) is 1. The summed E-state index contributed by atoms with van der Waals surface area (Å²) in [6.45, 7) is 4.28. The van der Waals surface area contributed by atoms with Gasteiger partial charge in [0, 0.05) is 25.3 Å². The van der Waals surface area contributed by atoms with Crippen molar-refractivity contribution in [1.29, 1.82) is 0 Å². The zero-order valence-electron chi connectivity index (χ0n) is 17.5. The maximum Gasteiger partial charge on any atom is 0.253 e. The van der Waals surface area contributed by atoms with Crippen LogP contribution in [-0.4, -0.2) is 44.6 Å². The highest BCUT2D eigenvalue weighted by molar-refractivity contribution is 6.09. The Morgan fingerprint density at radius 2 is 2.17 bits per heavy atom. The van der Waals surface area contributed by atoms with Gasteiger partial charge in [-0.05, 0) is 62.1 Å². The molecule has 0 radical (unpaired) electrons. The molecule has 2 aliphatic rings. The molecule has 2 aliphatic heterocycles. The molecule has 0 bridgehead atoms. The van der Waals surface area contributed by atoms with E-state index >= 15 is 0 Å². The van der Waals surface area contributed by atoms with Crippen LogP contribution in [0, 0.1) is 0 Å². The lowest BCUT2D eigenvalue weighted by Gasteiger charge is -2.31. The minimum absolute atomic E-state index is 0.0977. The number of benzene rings is 2. The molecule has 1 unspecified atom stereocenters. The number of methoxy groups -OCH3 is 1. The first-order valence-corrected chi connectivity index (χ1v) is 10.5. The minimum Gasteiger partial charge on any atom is -0.497 e. The molecular formula is C23H28N4O3. The van der Waals surface area contributed by atoms with E-state index < -0.39 is 0 Å². The molecule has 0 spiro atoms. The summed E-state index contributed by atoms with van der Waals surface area (Å²) in [5.41, 5.74) is 4.46. The standard InChI is InChI=1S/C23H28N4O3/c1-15-22(28)26-19-8-3-7-18(21(19)25-15)23(29)24-11-5-13-27-12-4-6-16-14-17(30-2)9-10-20(16)27/h3,7-10,14-15,25H,4-6,11-13H2,1-2H3,(H,24,29)(H,26,28). The van der Waals surface area contributed by atoms with Crippen molar-refractivity contribution in [3.63, 3.8) is 0 Å². The average Bonchev–Trinajstić information content (AvgIpc) is 2.76. The first kappa shape index (κ1) is 20.1. The summed E-state index contributed by atoms with van der Waals surface area (Å²) in [6, 6.07) is 11.2. The largest absolute Gasteiger partial charge is 0.497 e. The van der Waals surface area contributed by atoms with Crippen LogP contribution in [0.25, 0.3) is 0 Å². The van der Waals surface area contributed by atoms with Gasteiger partial charge in [-0.1, -0.05) is 6.07 Å². The van der Waals surface area contributed by atoms with Gasteiger partial charge >= 0.3 is 0 Å². The first-order chi connectivity index (χ1) is 14.6. The summed E-state index contributed by atoms with van der Waals surface area (Å²) in [7, 11) is 1.69. The van der Waals surface area contributed by atoms with Gasteiger partial charge < -0.3 is 25.6 Å². The van der Waals surface area contributed by atoms with E-state index in [2.05, 4.69) is 33.0 Å². The second-order valence-electron chi connectivity index (χ2n) is 7.78. The Balaban J connectivity index is 1.34. The highest BCUT2D eigenvalue weighted by Crippen LogP contribution is 2.31. The number of para-hydroxylation sites is 1. The van der Waals surface area contributed by atoms with Crippen LogP contribution in [0.2, 0.25) is 0 Å². The second kappa shape index (κ2) is 8.65. The smallest absolute Gasteiger partial charge is 0.253 e. The van der Waals surface area contributed by atoms with Crippen LogP contribution in [-0.2, 0) is 11.2 Å². The maximum atomic E-state index is 12.7. The van der Waals surface area contributed by atoms with E-state index in [0.29, 0.717) is 23.5 Å². The van der Waals surface area contributed by atoms with Crippen LogP contribution >= 0.6 is 0 Å². The van der Waals surface area contributed by atoms with Gasteiger partial charge in [-0.25, -0.2) is 0 Å². The molecule has 3 N–H and O–H groups in total. The van der Waals surface area contributed by atoms with Crippen molar-refractivity contribution < 1.29 is 14.3 Å². The maximum absolute atomic E-state index is 12.7. The summed E-state index contributed by atoms with van der Waals surface area (Å²) in [6.07, 6.45) is 3.05. The van der Waals surface area contributed by atoms with Crippen LogP contribution in [0.15, 0.2) is 36.4 Å². The van der Waals surface area contributed by atoms with Gasteiger partial charge in [0.1, 0.15) is 11.8 Å². The van der Waals surface area contributed by atoms with E-state index in [-0.39, 0.29) is 17.9 Å². The van der Waals surface area contributed by atoms with Crippen molar-refractivity contribution in [2.45, 2.75) is 32.2 Å². The van der Waals surface area contributed by atoms with Crippen molar-refractivity contribution in [3.05, 3.63) is 47.5 Å². The number of hydrogen-bond donors (Lipinski definition) is 3. The van der Waals surface area contributed by atoms with Crippen LogP contribution in [0.5, 0.6) is 5.75 Å². The highest BCUT2D eigenvalue weighted by Gasteiger charge is 2.25. The molecule has 4 rings (SSSR count). The number of carbonyl (C=O) groups excluding carboxylic acids is 2. The van der Waals surface area contributed by atoms with Crippen molar-refractivity contribution >= 4 is 28.9 Å². The van der Waals surface area contributed by atoms with Crippen molar-refractivity contribution in [3.8, 4) is 5.75 Å². The minimum atomic E-state index is -0.371. The van der Waals surface area contributed by atoms with Crippen LogP contribution in [0.1, 0.15) is 35.7 Å². The summed E-state index contributed by atoms with van der Waals surface area (Å²) in [4.78, 5) is 27.0. The third kappa shape index (κ3) is 4.06. The number of fused-ring (bicyclic) bond motifs is 2. The second-order valence-corrected chi connectivity index (χ2v) is 7.78. The molecule has 158 valence electrons. The first-order valence-electron chi connectivity index (χ1n) is 10.5. The molecule has 30 heavy (non-hydrogen) atoms. The van der Waals surface area contributed by atoms with E-state index in [1.807, 2.05) is 6.07 Å². The molecular weight excluding hydrogens is 380 g/mol.